The molecule has 0 unspecified atom stereocenters. The van der Waals surface area contributed by atoms with Gasteiger partial charge in [0.05, 0.1) is 45.6 Å². The van der Waals surface area contributed by atoms with Crippen LogP contribution in [0.2, 0.25) is 0 Å². The van der Waals surface area contributed by atoms with Crippen LogP contribution < -0.4 is 5.32 Å². The van der Waals surface area contributed by atoms with Gasteiger partial charge in [-0.15, -0.1) is 0 Å². The van der Waals surface area contributed by atoms with E-state index < -0.39 is 149 Å². The van der Waals surface area contributed by atoms with Crippen molar-refractivity contribution in [2.24, 2.45) is 5.92 Å². The summed E-state index contributed by atoms with van der Waals surface area (Å²) in [6, 6.07) is 0. The van der Waals surface area contributed by atoms with Crippen molar-refractivity contribution in [2.75, 3.05) is 39.6 Å². The van der Waals surface area contributed by atoms with E-state index in [1.54, 1.807) is 12.2 Å². The van der Waals surface area contributed by atoms with Crippen LogP contribution in [0.5, 0.6) is 0 Å². The van der Waals surface area contributed by atoms with Crippen molar-refractivity contribution in [1.29, 1.82) is 0 Å². The lowest BCUT2D eigenvalue weighted by Crippen LogP contribution is -2.65. The third kappa shape index (κ3) is 8.57. The summed E-state index contributed by atoms with van der Waals surface area (Å²) in [5, 5.41) is 124. The Morgan fingerprint density at radius 3 is 1.15 bits per heavy atom. The zero-order valence-electron chi connectivity index (χ0n) is 25.5. The van der Waals surface area contributed by atoms with Gasteiger partial charge in [-0.3, -0.25) is 4.79 Å². The molecule has 0 spiro atoms. The maximum absolute atomic E-state index is 13.4. The molecular weight excluding hydrogens is 654 g/mol. The molecule has 15 atom stereocenters. The summed E-state index contributed by atoms with van der Waals surface area (Å²) in [6.45, 7) is -4.61. The summed E-state index contributed by atoms with van der Waals surface area (Å²) in [4.78, 5) is 13.4. The number of nitrogens with one attached hydrogen (secondary N) is 1. The van der Waals surface area contributed by atoms with E-state index in [4.69, 9.17) is 28.4 Å². The predicted octanol–water partition coefficient (Wildman–Crippen LogP) is -7.97. The molecule has 20 nitrogen and oxygen atoms in total. The number of rotatable bonds is 14. The van der Waals surface area contributed by atoms with E-state index in [1.807, 2.05) is 0 Å². The number of hydrogen-bond donors (Lipinski definition) is 13. The Labute approximate surface area is 273 Å². The predicted molar refractivity (Wildman–Crippen MR) is 152 cm³/mol. The summed E-state index contributed by atoms with van der Waals surface area (Å²) in [5.74, 6) is -1.52. The van der Waals surface area contributed by atoms with E-state index in [2.05, 4.69) is 5.32 Å². The summed E-state index contributed by atoms with van der Waals surface area (Å²) in [7, 11) is 0. The lowest BCUT2D eigenvalue weighted by atomic mass is 9.97. The minimum atomic E-state index is -1.97. The Bertz CT molecular complexity index is 981. The van der Waals surface area contributed by atoms with Crippen molar-refractivity contribution in [2.45, 2.75) is 97.7 Å². The second kappa shape index (κ2) is 17.0. The molecular formula is C28H45NO19. The average molecular weight is 700 g/mol. The van der Waals surface area contributed by atoms with Crippen molar-refractivity contribution in [1.82, 2.24) is 5.32 Å². The molecule has 1 aliphatic carbocycles. The van der Waals surface area contributed by atoms with E-state index in [0.29, 0.717) is 0 Å². The number of carbonyl (C=O) groups is 1. The molecule has 4 aliphatic rings. The molecule has 1 amide bonds. The number of ether oxygens (including phenoxy) is 6. The second-order valence-corrected chi connectivity index (χ2v) is 12.1. The maximum atomic E-state index is 13.4. The van der Waals surface area contributed by atoms with Crippen LogP contribution in [-0.4, -0.2) is 204 Å². The van der Waals surface area contributed by atoms with Gasteiger partial charge < -0.3 is 95.0 Å². The van der Waals surface area contributed by atoms with Gasteiger partial charge in [-0.05, 0) is 0 Å². The fourth-order valence-corrected chi connectivity index (χ4v) is 5.52. The minimum absolute atomic E-state index is 0.688. The van der Waals surface area contributed by atoms with Crippen molar-refractivity contribution < 1.29 is 94.5 Å². The third-order valence-electron chi connectivity index (χ3n) is 8.56. The third-order valence-corrected chi connectivity index (χ3v) is 8.56. The molecule has 13 N–H and O–H groups in total. The Kier molecular flexibility index (Phi) is 13.8. The molecule has 0 aromatic heterocycles. The van der Waals surface area contributed by atoms with E-state index >= 15 is 0 Å². The van der Waals surface area contributed by atoms with Gasteiger partial charge in [0.25, 0.3) is 0 Å². The molecule has 4 rings (SSSR count). The summed E-state index contributed by atoms with van der Waals surface area (Å²) in [6.07, 6.45) is -19.4. The van der Waals surface area contributed by atoms with Crippen molar-refractivity contribution in [3.63, 3.8) is 0 Å². The summed E-state index contributed by atoms with van der Waals surface area (Å²) in [5.41, 5.74) is -1.97. The van der Waals surface area contributed by atoms with E-state index in [1.165, 1.54) is 12.2 Å². The van der Waals surface area contributed by atoms with Crippen LogP contribution in [0.25, 0.3) is 0 Å². The fraction of sp³-hybridized carbons (Fsp3) is 0.821. The topological polar surface area (TPSA) is 327 Å². The lowest BCUT2D eigenvalue weighted by Gasteiger charge is -2.44. The van der Waals surface area contributed by atoms with Gasteiger partial charge in [-0.1, -0.05) is 24.3 Å². The largest absolute Gasteiger partial charge is 0.394 e. The van der Waals surface area contributed by atoms with Gasteiger partial charge >= 0.3 is 0 Å². The standard InChI is InChI=1S/C28H45NO19/c30-5-12-15(33)18(36)21(39)25(46-12)43-8-28(29-24(42)11-3-1-2-4-11,9-44-26-22(40)19(37)16(34)13(6-31)47-26)10-45-27-23(41)20(38)17(35)14(7-32)48-27/h1-4,11-23,25-27,30-41H,5-10H2,(H,29,42)/t12-,13-,14-,15-,16-,17-,18+,19+,20+,21-,22-,23-,25-,26-,27-/m1/s1. The zero-order chi connectivity index (χ0) is 35.3. The van der Waals surface area contributed by atoms with Crippen LogP contribution in [0, 0.1) is 5.92 Å². The van der Waals surface area contributed by atoms with E-state index in [0.717, 1.165) is 0 Å². The quantitative estimate of drug-likeness (QED) is 0.0800. The van der Waals surface area contributed by atoms with Crippen LogP contribution in [0.4, 0.5) is 0 Å². The molecule has 0 aromatic carbocycles. The monoisotopic (exact) mass is 699 g/mol. The molecule has 3 saturated heterocycles. The zero-order valence-corrected chi connectivity index (χ0v) is 25.5. The van der Waals surface area contributed by atoms with Crippen molar-refractivity contribution in [3.05, 3.63) is 24.3 Å². The SMILES string of the molecule is O=C(NC(CO[C@@H]1O[C@H](CO)[C@@H](O)[C@H](O)[C@H]1O)(CO[C@@H]1O[C@H](CO)[C@@H](O)[C@H](O)[C@H]1O)CO[C@@H]1O[C@H](CO)[C@@H](O)[C@H](O)[C@H]1O)C1C=CC=C1. The molecule has 276 valence electrons. The van der Waals surface area contributed by atoms with Gasteiger partial charge in [-0.25, -0.2) is 0 Å². The fourth-order valence-electron chi connectivity index (χ4n) is 5.52. The Balaban J connectivity index is 1.64. The highest BCUT2D eigenvalue weighted by Gasteiger charge is 2.50. The highest BCUT2D eigenvalue weighted by molar-refractivity contribution is 5.83. The van der Waals surface area contributed by atoms with Gasteiger partial charge in [0.2, 0.25) is 5.91 Å². The Hall–Kier alpha value is -1.77. The van der Waals surface area contributed by atoms with Gasteiger partial charge in [-0.2, -0.15) is 0 Å². The van der Waals surface area contributed by atoms with Gasteiger partial charge in [0.1, 0.15) is 78.8 Å². The average Bonchev–Trinajstić information content (AvgIpc) is 3.63. The number of allylic oxidation sites excluding steroid dienone is 2. The molecule has 48 heavy (non-hydrogen) atoms. The number of amides is 1. The number of aliphatic hydroxyl groups excluding tert-OH is 12. The Morgan fingerprint density at radius 2 is 0.854 bits per heavy atom. The molecule has 3 fully saturated rings. The minimum Gasteiger partial charge on any atom is -0.394 e. The van der Waals surface area contributed by atoms with Crippen LogP contribution >= 0.6 is 0 Å². The Morgan fingerprint density at radius 1 is 0.542 bits per heavy atom. The van der Waals surface area contributed by atoms with Crippen molar-refractivity contribution >= 4 is 5.91 Å². The molecule has 20 heteroatoms. The van der Waals surface area contributed by atoms with Gasteiger partial charge in [0.15, 0.2) is 18.9 Å². The van der Waals surface area contributed by atoms with E-state index in [9.17, 15) is 66.1 Å². The summed E-state index contributed by atoms with van der Waals surface area (Å²) < 4.78 is 33.4. The molecule has 3 aliphatic heterocycles. The highest BCUT2D eigenvalue weighted by Crippen LogP contribution is 2.28. The van der Waals surface area contributed by atoms with Crippen LogP contribution in [0.15, 0.2) is 24.3 Å². The first-order chi connectivity index (χ1) is 22.8. The van der Waals surface area contributed by atoms with Gasteiger partial charge in [0, 0.05) is 0 Å². The molecule has 0 saturated carbocycles. The first-order valence-electron chi connectivity index (χ1n) is 15.2. The highest BCUT2D eigenvalue weighted by atomic mass is 16.7. The normalized spacial score (nSPS) is 42.3. The number of carbonyl (C=O) groups excluding carboxylic acids is 1. The van der Waals surface area contributed by atoms with Crippen LogP contribution in [0.3, 0.4) is 0 Å². The maximum Gasteiger partial charge on any atom is 0.231 e. The van der Waals surface area contributed by atoms with Crippen molar-refractivity contribution in [3.8, 4) is 0 Å². The first-order valence-corrected chi connectivity index (χ1v) is 15.2. The molecule has 0 radical (unpaired) electrons. The molecule has 0 aromatic rings. The smallest absolute Gasteiger partial charge is 0.231 e. The van der Waals surface area contributed by atoms with E-state index in [-0.39, 0.29) is 0 Å². The lowest BCUT2D eigenvalue weighted by molar-refractivity contribution is -0.324. The van der Waals surface area contributed by atoms with Crippen LogP contribution in [-0.2, 0) is 33.2 Å². The number of hydrogen-bond acceptors (Lipinski definition) is 19. The van der Waals surface area contributed by atoms with Crippen LogP contribution in [0.1, 0.15) is 0 Å². The first kappa shape index (κ1) is 39.0. The summed E-state index contributed by atoms with van der Waals surface area (Å²) >= 11 is 0. The second-order valence-electron chi connectivity index (χ2n) is 12.1. The molecule has 0 bridgehead atoms. The molecule has 3 heterocycles. The number of aliphatic hydroxyl groups is 12.